The van der Waals surface area contributed by atoms with Crippen molar-refractivity contribution in [1.82, 2.24) is 9.78 Å². The van der Waals surface area contributed by atoms with Crippen LogP contribution in [0, 0.1) is 0 Å². The molecule has 15 heavy (non-hydrogen) atoms. The fraction of sp³-hybridized carbons (Fsp3) is 0.0909. The molecular formula is C11H9ClN2O. The quantitative estimate of drug-likeness (QED) is 0.730. The van der Waals surface area contributed by atoms with Crippen LogP contribution in [-0.4, -0.2) is 15.6 Å². The minimum Gasteiger partial charge on any atom is -0.293 e. The second-order valence-corrected chi connectivity index (χ2v) is 3.60. The smallest absolute Gasteiger partial charge is 0.178 e. The summed E-state index contributed by atoms with van der Waals surface area (Å²) in [5, 5.41) is 4.75. The van der Waals surface area contributed by atoms with Gasteiger partial charge in [-0.05, 0) is 30.3 Å². The molecule has 4 heteroatoms. The lowest BCUT2D eigenvalue weighted by atomic mass is 10.3. The van der Waals surface area contributed by atoms with Gasteiger partial charge in [-0.2, -0.15) is 5.10 Å². The van der Waals surface area contributed by atoms with Gasteiger partial charge in [-0.3, -0.25) is 4.79 Å². The Bertz CT molecular complexity index is 488. The summed E-state index contributed by atoms with van der Waals surface area (Å²) in [6, 6.07) is 8.87. The minimum absolute atomic E-state index is 0.0116. The predicted octanol–water partition coefficient (Wildman–Crippen LogP) is 2.73. The third-order valence-electron chi connectivity index (χ3n) is 2.07. The molecule has 1 heterocycles. The molecule has 76 valence electrons. The molecule has 0 unspecified atom stereocenters. The second kappa shape index (κ2) is 3.87. The Balaban J connectivity index is 2.49. The van der Waals surface area contributed by atoms with Gasteiger partial charge in [0.15, 0.2) is 5.78 Å². The van der Waals surface area contributed by atoms with Crippen molar-refractivity contribution < 1.29 is 4.79 Å². The predicted molar refractivity (Wildman–Crippen MR) is 58.6 cm³/mol. The first-order chi connectivity index (χ1) is 7.18. The van der Waals surface area contributed by atoms with Crippen LogP contribution < -0.4 is 0 Å². The molecule has 1 aromatic carbocycles. The van der Waals surface area contributed by atoms with Crippen molar-refractivity contribution >= 4 is 17.4 Å². The molecular weight excluding hydrogens is 212 g/mol. The Morgan fingerprint density at radius 2 is 1.93 bits per heavy atom. The maximum Gasteiger partial charge on any atom is 0.178 e. The van der Waals surface area contributed by atoms with Gasteiger partial charge < -0.3 is 0 Å². The first-order valence-electron chi connectivity index (χ1n) is 4.49. The molecule has 0 fully saturated rings. The number of ketones is 1. The number of benzene rings is 1. The molecule has 0 bridgehead atoms. The molecule has 3 nitrogen and oxygen atoms in total. The monoisotopic (exact) mass is 220 g/mol. The molecule has 2 rings (SSSR count). The number of carbonyl (C=O) groups is 1. The number of halogens is 1. The SMILES string of the molecule is CC(=O)c1ccnn1-c1ccc(Cl)cc1. The normalized spacial score (nSPS) is 10.3. The fourth-order valence-electron chi connectivity index (χ4n) is 1.36. The van der Waals surface area contributed by atoms with Crippen LogP contribution in [0.4, 0.5) is 0 Å². The highest BCUT2D eigenvalue weighted by atomic mass is 35.5. The van der Waals surface area contributed by atoms with Gasteiger partial charge in [0.25, 0.3) is 0 Å². The zero-order valence-corrected chi connectivity index (χ0v) is 8.90. The molecule has 0 N–H and O–H groups in total. The van der Waals surface area contributed by atoms with E-state index in [4.69, 9.17) is 11.6 Å². The topological polar surface area (TPSA) is 34.9 Å². The van der Waals surface area contributed by atoms with Crippen molar-refractivity contribution in [3.8, 4) is 5.69 Å². The molecule has 0 saturated heterocycles. The lowest BCUT2D eigenvalue weighted by molar-refractivity contribution is 0.101. The van der Waals surface area contributed by atoms with Gasteiger partial charge in [0.05, 0.1) is 11.9 Å². The highest BCUT2D eigenvalue weighted by Crippen LogP contribution is 2.14. The summed E-state index contributed by atoms with van der Waals surface area (Å²) in [4.78, 5) is 11.3. The Morgan fingerprint density at radius 3 is 2.53 bits per heavy atom. The van der Waals surface area contributed by atoms with Crippen LogP contribution in [0.1, 0.15) is 17.4 Å². The summed E-state index contributed by atoms with van der Waals surface area (Å²) in [6.45, 7) is 1.52. The maximum absolute atomic E-state index is 11.3. The summed E-state index contributed by atoms with van der Waals surface area (Å²) in [5.74, 6) is -0.0116. The van der Waals surface area contributed by atoms with E-state index < -0.39 is 0 Å². The number of hydrogen-bond acceptors (Lipinski definition) is 2. The van der Waals surface area contributed by atoms with Gasteiger partial charge >= 0.3 is 0 Å². The van der Waals surface area contributed by atoms with E-state index in [1.54, 1.807) is 29.1 Å². The standard InChI is InChI=1S/C11H9ClN2O/c1-8(15)11-6-7-13-14(11)10-4-2-9(12)3-5-10/h2-7H,1H3. The number of Topliss-reactive ketones (excluding diaryl/α,β-unsaturated/α-hetero) is 1. The maximum atomic E-state index is 11.3. The summed E-state index contributed by atoms with van der Waals surface area (Å²) in [5.41, 5.74) is 1.40. The van der Waals surface area contributed by atoms with Gasteiger partial charge in [0.2, 0.25) is 0 Å². The van der Waals surface area contributed by atoms with Crippen molar-refractivity contribution in [2.75, 3.05) is 0 Å². The summed E-state index contributed by atoms with van der Waals surface area (Å²) < 4.78 is 1.60. The lowest BCUT2D eigenvalue weighted by Gasteiger charge is -2.04. The molecule has 0 spiro atoms. The first-order valence-corrected chi connectivity index (χ1v) is 4.87. The van der Waals surface area contributed by atoms with E-state index in [0.717, 1.165) is 5.69 Å². The molecule has 0 aliphatic heterocycles. The molecule has 0 radical (unpaired) electrons. The fourth-order valence-corrected chi connectivity index (χ4v) is 1.48. The van der Waals surface area contributed by atoms with Crippen LogP contribution in [0.25, 0.3) is 5.69 Å². The van der Waals surface area contributed by atoms with Crippen LogP contribution in [-0.2, 0) is 0 Å². The van der Waals surface area contributed by atoms with Crippen LogP contribution in [0.3, 0.4) is 0 Å². The zero-order valence-electron chi connectivity index (χ0n) is 8.14. The summed E-state index contributed by atoms with van der Waals surface area (Å²) in [7, 11) is 0. The average molecular weight is 221 g/mol. The molecule has 0 aliphatic carbocycles. The van der Waals surface area contributed by atoms with E-state index in [2.05, 4.69) is 5.10 Å². The first kappa shape index (κ1) is 9.93. The zero-order chi connectivity index (χ0) is 10.8. The lowest BCUT2D eigenvalue weighted by Crippen LogP contribution is -2.05. The van der Waals surface area contributed by atoms with E-state index in [0.29, 0.717) is 10.7 Å². The summed E-state index contributed by atoms with van der Waals surface area (Å²) >= 11 is 5.78. The Morgan fingerprint density at radius 1 is 1.27 bits per heavy atom. The average Bonchev–Trinajstić information content (AvgIpc) is 2.67. The second-order valence-electron chi connectivity index (χ2n) is 3.16. The third-order valence-corrected chi connectivity index (χ3v) is 2.33. The largest absolute Gasteiger partial charge is 0.293 e. The van der Waals surface area contributed by atoms with Crippen LogP contribution in [0.15, 0.2) is 36.5 Å². The Kier molecular flexibility index (Phi) is 2.56. The van der Waals surface area contributed by atoms with E-state index in [1.165, 1.54) is 6.92 Å². The van der Waals surface area contributed by atoms with Crippen LogP contribution in [0.5, 0.6) is 0 Å². The van der Waals surface area contributed by atoms with Crippen LogP contribution in [0.2, 0.25) is 5.02 Å². The molecule has 0 saturated carbocycles. The summed E-state index contributed by atoms with van der Waals surface area (Å²) in [6.07, 6.45) is 1.60. The molecule has 1 aromatic heterocycles. The van der Waals surface area contributed by atoms with E-state index in [1.807, 2.05) is 12.1 Å². The van der Waals surface area contributed by atoms with Gasteiger partial charge in [-0.1, -0.05) is 11.6 Å². The van der Waals surface area contributed by atoms with Gasteiger partial charge in [-0.25, -0.2) is 4.68 Å². The number of hydrogen-bond donors (Lipinski definition) is 0. The van der Waals surface area contributed by atoms with Gasteiger partial charge in [0.1, 0.15) is 5.69 Å². The van der Waals surface area contributed by atoms with Crippen molar-refractivity contribution in [2.45, 2.75) is 6.92 Å². The molecule has 0 amide bonds. The number of carbonyl (C=O) groups excluding carboxylic acids is 1. The third kappa shape index (κ3) is 1.92. The highest BCUT2D eigenvalue weighted by molar-refractivity contribution is 6.30. The van der Waals surface area contributed by atoms with Crippen LogP contribution >= 0.6 is 11.6 Å². The van der Waals surface area contributed by atoms with E-state index in [-0.39, 0.29) is 5.78 Å². The van der Waals surface area contributed by atoms with E-state index in [9.17, 15) is 4.79 Å². The van der Waals surface area contributed by atoms with Crippen molar-refractivity contribution in [3.63, 3.8) is 0 Å². The molecule has 2 aromatic rings. The van der Waals surface area contributed by atoms with Crippen molar-refractivity contribution in [1.29, 1.82) is 0 Å². The highest BCUT2D eigenvalue weighted by Gasteiger charge is 2.08. The van der Waals surface area contributed by atoms with Gasteiger partial charge in [0, 0.05) is 11.9 Å². The number of aromatic nitrogens is 2. The van der Waals surface area contributed by atoms with Gasteiger partial charge in [-0.15, -0.1) is 0 Å². The molecule has 0 atom stereocenters. The number of rotatable bonds is 2. The Hall–Kier alpha value is -1.61. The van der Waals surface area contributed by atoms with E-state index >= 15 is 0 Å². The number of nitrogens with zero attached hydrogens (tertiary/aromatic N) is 2. The minimum atomic E-state index is -0.0116. The van der Waals surface area contributed by atoms with Crippen molar-refractivity contribution in [3.05, 3.63) is 47.2 Å². The Labute approximate surface area is 92.3 Å². The van der Waals surface area contributed by atoms with Crippen molar-refractivity contribution in [2.24, 2.45) is 0 Å². The molecule has 0 aliphatic rings.